The average molecular weight is 433 g/mol. The van der Waals surface area contributed by atoms with Gasteiger partial charge in [-0.3, -0.25) is 19.9 Å². The van der Waals surface area contributed by atoms with Crippen molar-refractivity contribution in [3.63, 3.8) is 0 Å². The first-order valence-electron chi connectivity index (χ1n) is 8.28. The second-order valence-electron chi connectivity index (χ2n) is 6.18. The Labute approximate surface area is 163 Å². The standard InChI is InChI=1S/C19H17BrN2O5/c1-27-19(26)21-12-5-2-10(3-6-12)16(23)9-15-14(20)8-11-4-7-13(18(24)25)17(11)22-15/h2-3,5-6,8,13H,4,7,9H2,1H3,(H,21,26)(H,24,25). The maximum atomic E-state index is 12.6. The number of fused-ring (bicyclic) bond motifs is 1. The topological polar surface area (TPSA) is 106 Å². The third kappa shape index (κ3) is 4.16. The number of carbonyl (C=O) groups is 3. The van der Waals surface area contributed by atoms with Crippen LogP contribution in [-0.4, -0.2) is 35.0 Å². The predicted octanol–water partition coefficient (Wildman–Crippen LogP) is 3.56. The molecule has 1 aromatic heterocycles. The van der Waals surface area contributed by atoms with Crippen LogP contribution in [0, 0.1) is 0 Å². The fourth-order valence-electron chi connectivity index (χ4n) is 3.05. The Morgan fingerprint density at radius 1 is 1.30 bits per heavy atom. The number of amides is 1. The van der Waals surface area contributed by atoms with Gasteiger partial charge >= 0.3 is 12.1 Å². The highest BCUT2D eigenvalue weighted by Gasteiger charge is 2.31. The summed E-state index contributed by atoms with van der Waals surface area (Å²) in [7, 11) is 1.27. The van der Waals surface area contributed by atoms with E-state index in [1.165, 1.54) is 7.11 Å². The number of ether oxygens (including phenoxy) is 1. The van der Waals surface area contributed by atoms with E-state index in [-0.39, 0.29) is 12.2 Å². The fraction of sp³-hybridized carbons (Fsp3) is 0.263. The lowest BCUT2D eigenvalue weighted by Crippen LogP contribution is -2.13. The molecule has 1 amide bonds. The van der Waals surface area contributed by atoms with Gasteiger partial charge in [-0.05, 0) is 64.7 Å². The number of benzene rings is 1. The Kier molecular flexibility index (Phi) is 5.55. The molecule has 0 fully saturated rings. The summed E-state index contributed by atoms with van der Waals surface area (Å²) in [4.78, 5) is 39.6. The first kappa shape index (κ1) is 19.0. The van der Waals surface area contributed by atoms with Crippen LogP contribution in [-0.2, 0) is 22.4 Å². The van der Waals surface area contributed by atoms with Crippen LogP contribution in [0.2, 0.25) is 0 Å². The number of halogens is 1. The van der Waals surface area contributed by atoms with Gasteiger partial charge in [0, 0.05) is 15.7 Å². The van der Waals surface area contributed by atoms with Crippen LogP contribution in [0.1, 0.15) is 39.6 Å². The van der Waals surface area contributed by atoms with Crippen LogP contribution in [0.3, 0.4) is 0 Å². The molecule has 0 spiro atoms. The number of pyridine rings is 1. The number of methoxy groups -OCH3 is 1. The van der Waals surface area contributed by atoms with Crippen molar-refractivity contribution in [3.05, 3.63) is 57.3 Å². The molecule has 140 valence electrons. The highest BCUT2D eigenvalue weighted by molar-refractivity contribution is 9.10. The van der Waals surface area contributed by atoms with Crippen molar-refractivity contribution < 1.29 is 24.2 Å². The molecule has 3 rings (SSSR count). The first-order chi connectivity index (χ1) is 12.9. The van der Waals surface area contributed by atoms with Crippen LogP contribution >= 0.6 is 15.9 Å². The van der Waals surface area contributed by atoms with E-state index >= 15 is 0 Å². The van der Waals surface area contributed by atoms with Gasteiger partial charge in [0.05, 0.1) is 30.8 Å². The first-order valence-corrected chi connectivity index (χ1v) is 9.07. The number of nitrogens with zero attached hydrogens (tertiary/aromatic N) is 1. The number of anilines is 1. The number of carboxylic acids is 1. The highest BCUT2D eigenvalue weighted by Crippen LogP contribution is 2.34. The molecule has 1 heterocycles. The van der Waals surface area contributed by atoms with Crippen LogP contribution < -0.4 is 5.32 Å². The summed E-state index contributed by atoms with van der Waals surface area (Å²) >= 11 is 3.43. The molecule has 1 aromatic carbocycles. The van der Waals surface area contributed by atoms with Gasteiger partial charge in [0.25, 0.3) is 0 Å². The monoisotopic (exact) mass is 432 g/mol. The molecule has 0 saturated carbocycles. The zero-order chi connectivity index (χ0) is 19.6. The summed E-state index contributed by atoms with van der Waals surface area (Å²) in [6, 6.07) is 8.28. The van der Waals surface area contributed by atoms with E-state index in [4.69, 9.17) is 0 Å². The smallest absolute Gasteiger partial charge is 0.411 e. The van der Waals surface area contributed by atoms with E-state index in [1.807, 2.05) is 6.07 Å². The maximum absolute atomic E-state index is 12.6. The molecule has 1 aliphatic carbocycles. The Bertz CT molecular complexity index is 911. The summed E-state index contributed by atoms with van der Waals surface area (Å²) in [5.41, 5.74) is 2.95. The van der Waals surface area contributed by atoms with Gasteiger partial charge in [-0.2, -0.15) is 0 Å². The Morgan fingerprint density at radius 3 is 2.63 bits per heavy atom. The molecule has 8 heteroatoms. The number of aromatic nitrogens is 1. The lowest BCUT2D eigenvalue weighted by atomic mass is 10.0. The van der Waals surface area contributed by atoms with Crippen molar-refractivity contribution in [2.24, 2.45) is 0 Å². The lowest BCUT2D eigenvalue weighted by molar-refractivity contribution is -0.138. The lowest BCUT2D eigenvalue weighted by Gasteiger charge is -2.10. The molecule has 27 heavy (non-hydrogen) atoms. The van der Waals surface area contributed by atoms with Gasteiger partial charge in [-0.25, -0.2) is 4.79 Å². The largest absolute Gasteiger partial charge is 0.481 e. The molecule has 0 aliphatic heterocycles. The number of rotatable bonds is 5. The van der Waals surface area contributed by atoms with Gasteiger partial charge in [-0.15, -0.1) is 0 Å². The Hall–Kier alpha value is -2.74. The van der Waals surface area contributed by atoms with E-state index in [9.17, 15) is 19.5 Å². The van der Waals surface area contributed by atoms with Gasteiger partial charge in [0.1, 0.15) is 0 Å². The zero-order valence-corrected chi connectivity index (χ0v) is 16.1. The molecule has 2 aromatic rings. The zero-order valence-electron chi connectivity index (χ0n) is 14.5. The minimum absolute atomic E-state index is 0.0456. The van der Waals surface area contributed by atoms with Crippen molar-refractivity contribution in [3.8, 4) is 0 Å². The normalized spacial score (nSPS) is 15.1. The second kappa shape index (κ2) is 7.87. The van der Waals surface area contributed by atoms with Gasteiger partial charge < -0.3 is 9.84 Å². The van der Waals surface area contributed by atoms with Crippen molar-refractivity contribution in [1.82, 2.24) is 4.98 Å². The average Bonchev–Trinajstić information content (AvgIpc) is 3.05. The number of aliphatic carboxylic acids is 1. The van der Waals surface area contributed by atoms with E-state index in [1.54, 1.807) is 24.3 Å². The molecule has 2 N–H and O–H groups in total. The van der Waals surface area contributed by atoms with E-state index in [2.05, 4.69) is 31.0 Å². The number of nitrogens with one attached hydrogen (secondary N) is 1. The predicted molar refractivity (Wildman–Crippen MR) is 101 cm³/mol. The number of aryl methyl sites for hydroxylation is 1. The van der Waals surface area contributed by atoms with Crippen molar-refractivity contribution >= 4 is 39.5 Å². The molecule has 1 atom stereocenters. The van der Waals surface area contributed by atoms with Gasteiger partial charge in [0.2, 0.25) is 0 Å². The van der Waals surface area contributed by atoms with E-state index in [0.717, 1.165) is 5.56 Å². The third-order valence-corrected chi connectivity index (χ3v) is 5.14. The number of hydrogen-bond acceptors (Lipinski definition) is 5. The van der Waals surface area contributed by atoms with Gasteiger partial charge in [-0.1, -0.05) is 0 Å². The minimum atomic E-state index is -0.894. The van der Waals surface area contributed by atoms with Crippen LogP contribution in [0.25, 0.3) is 0 Å². The van der Waals surface area contributed by atoms with Gasteiger partial charge in [0.15, 0.2) is 5.78 Å². The molecule has 0 radical (unpaired) electrons. The van der Waals surface area contributed by atoms with Crippen molar-refractivity contribution in [2.45, 2.75) is 25.2 Å². The number of carboxylic acid groups (broad SMARTS) is 1. The summed E-state index contributed by atoms with van der Waals surface area (Å²) in [6.45, 7) is 0. The maximum Gasteiger partial charge on any atom is 0.411 e. The fourth-order valence-corrected chi connectivity index (χ4v) is 3.55. The van der Waals surface area contributed by atoms with Crippen LogP contribution in [0.5, 0.6) is 0 Å². The second-order valence-corrected chi connectivity index (χ2v) is 7.04. The summed E-state index contributed by atoms with van der Waals surface area (Å²) < 4.78 is 5.21. The molecule has 7 nitrogen and oxygen atoms in total. The Morgan fingerprint density at radius 2 is 2.00 bits per heavy atom. The number of Topliss-reactive ketones (excluding diaryl/α,β-unsaturated/α-hetero) is 1. The Balaban J connectivity index is 1.77. The number of hydrogen-bond donors (Lipinski definition) is 2. The molecule has 0 bridgehead atoms. The molecule has 1 aliphatic rings. The van der Waals surface area contributed by atoms with E-state index in [0.29, 0.717) is 40.0 Å². The molecular formula is C19H17BrN2O5. The highest BCUT2D eigenvalue weighted by atomic mass is 79.9. The van der Waals surface area contributed by atoms with E-state index < -0.39 is 18.0 Å². The van der Waals surface area contributed by atoms with Crippen molar-refractivity contribution in [1.29, 1.82) is 0 Å². The number of carbonyl (C=O) groups excluding carboxylic acids is 2. The van der Waals surface area contributed by atoms with Crippen molar-refractivity contribution in [2.75, 3.05) is 12.4 Å². The molecular weight excluding hydrogens is 416 g/mol. The summed E-state index contributed by atoms with van der Waals surface area (Å²) in [5, 5.41) is 11.8. The number of ketones is 1. The summed E-state index contributed by atoms with van der Waals surface area (Å²) in [6.07, 6.45) is 0.648. The quantitative estimate of drug-likeness (QED) is 0.699. The summed E-state index contributed by atoms with van der Waals surface area (Å²) in [5.74, 6) is -1.67. The SMILES string of the molecule is COC(=O)Nc1ccc(C(=O)Cc2nc3c(cc2Br)CCC3C(=O)O)cc1. The minimum Gasteiger partial charge on any atom is -0.481 e. The van der Waals surface area contributed by atoms with Crippen LogP contribution in [0.15, 0.2) is 34.8 Å². The molecule has 1 unspecified atom stereocenters. The van der Waals surface area contributed by atoms with Crippen LogP contribution in [0.4, 0.5) is 10.5 Å². The third-order valence-electron chi connectivity index (χ3n) is 4.46. The molecule has 0 saturated heterocycles.